The minimum absolute atomic E-state index is 0.229. The van der Waals surface area contributed by atoms with Gasteiger partial charge in [-0.2, -0.15) is 0 Å². The lowest BCUT2D eigenvalue weighted by Gasteiger charge is -2.51. The van der Waals surface area contributed by atoms with Crippen LogP contribution < -0.4 is 0 Å². The summed E-state index contributed by atoms with van der Waals surface area (Å²) in [7, 11) is 0. The fourth-order valence-corrected chi connectivity index (χ4v) is 7.02. The molecule has 0 aliphatic heterocycles. The Balaban J connectivity index is 1.74. The standard InChI is InChI=1S/C28H46O3/c1-19(9-7-14-26(3,4)31)23-13-16-27(5)22(10-8-15-28(23,27)6)12-11-21-17-24(29)20(2)25(30)18-21/h11-12,19,23-25,29-31H,2,7-10,13-18H2,1,3-6H3/t19-,23?,24+,25+,27-,28+/m0/s1. The van der Waals surface area contributed by atoms with Gasteiger partial charge in [-0.05, 0) is 93.5 Å². The van der Waals surface area contributed by atoms with Crippen molar-refractivity contribution in [2.24, 2.45) is 22.7 Å². The second-order valence-electron chi connectivity index (χ2n) is 12.0. The number of aliphatic hydroxyl groups excluding tert-OH is 2. The molecule has 3 fully saturated rings. The van der Waals surface area contributed by atoms with E-state index in [1.54, 1.807) is 5.57 Å². The topological polar surface area (TPSA) is 60.7 Å². The van der Waals surface area contributed by atoms with Crippen molar-refractivity contribution in [3.8, 4) is 0 Å². The van der Waals surface area contributed by atoms with Gasteiger partial charge in [-0.25, -0.2) is 0 Å². The van der Waals surface area contributed by atoms with Crippen LogP contribution in [0.5, 0.6) is 0 Å². The SMILES string of the molecule is C=C1[C@H](O)CC(=CC=C2CCC[C@]3(C)C([C@@H](C)CCCC(C)(C)O)CC[C@@]23C)C[C@H]1O. The van der Waals surface area contributed by atoms with Gasteiger partial charge in [0.2, 0.25) is 0 Å². The summed E-state index contributed by atoms with van der Waals surface area (Å²) in [6.45, 7) is 15.1. The van der Waals surface area contributed by atoms with Crippen molar-refractivity contribution in [1.82, 2.24) is 0 Å². The lowest BCUT2D eigenvalue weighted by Crippen LogP contribution is -2.43. The van der Waals surface area contributed by atoms with E-state index in [-0.39, 0.29) is 5.41 Å². The second kappa shape index (κ2) is 9.15. The molecule has 3 rings (SSSR count). The van der Waals surface area contributed by atoms with Crippen LogP contribution in [0.4, 0.5) is 0 Å². The smallest absolute Gasteiger partial charge is 0.0809 e. The van der Waals surface area contributed by atoms with E-state index in [2.05, 4.69) is 39.5 Å². The molecular formula is C28H46O3. The molecule has 0 saturated heterocycles. The molecule has 0 aromatic carbocycles. The van der Waals surface area contributed by atoms with E-state index in [9.17, 15) is 15.3 Å². The third-order valence-electron chi connectivity index (χ3n) is 9.31. The summed E-state index contributed by atoms with van der Waals surface area (Å²) >= 11 is 0. The Morgan fingerprint density at radius 2 is 1.77 bits per heavy atom. The zero-order chi connectivity index (χ0) is 23.0. The quantitative estimate of drug-likeness (QED) is 0.447. The van der Waals surface area contributed by atoms with Crippen molar-refractivity contribution in [3.05, 3.63) is 35.5 Å². The number of hydrogen-bond acceptors (Lipinski definition) is 3. The molecule has 0 bridgehead atoms. The van der Waals surface area contributed by atoms with E-state index in [4.69, 9.17) is 0 Å². The van der Waals surface area contributed by atoms with Crippen LogP contribution in [-0.2, 0) is 0 Å². The van der Waals surface area contributed by atoms with E-state index in [1.807, 2.05) is 13.8 Å². The molecule has 6 atom stereocenters. The lowest BCUT2D eigenvalue weighted by atomic mass is 9.53. The molecule has 176 valence electrons. The minimum atomic E-state index is -0.624. The average Bonchev–Trinajstić information content (AvgIpc) is 2.95. The second-order valence-corrected chi connectivity index (χ2v) is 12.0. The summed E-state index contributed by atoms with van der Waals surface area (Å²) in [6.07, 6.45) is 13.9. The molecule has 0 heterocycles. The lowest BCUT2D eigenvalue weighted by molar-refractivity contribution is 0.0299. The van der Waals surface area contributed by atoms with Crippen molar-refractivity contribution in [3.63, 3.8) is 0 Å². The van der Waals surface area contributed by atoms with Crippen molar-refractivity contribution in [2.75, 3.05) is 0 Å². The van der Waals surface area contributed by atoms with Gasteiger partial charge in [-0.3, -0.25) is 0 Å². The molecule has 3 N–H and O–H groups in total. The van der Waals surface area contributed by atoms with Crippen LogP contribution in [0.25, 0.3) is 0 Å². The fourth-order valence-electron chi connectivity index (χ4n) is 7.02. The van der Waals surface area contributed by atoms with Crippen LogP contribution in [-0.4, -0.2) is 33.1 Å². The molecule has 0 aromatic rings. The predicted molar refractivity (Wildman–Crippen MR) is 129 cm³/mol. The molecule has 0 spiro atoms. The monoisotopic (exact) mass is 430 g/mol. The Hall–Kier alpha value is -0.900. The molecule has 3 heteroatoms. The molecule has 3 aliphatic carbocycles. The Morgan fingerprint density at radius 1 is 1.13 bits per heavy atom. The molecule has 0 amide bonds. The first kappa shape index (κ1) is 24.7. The van der Waals surface area contributed by atoms with Gasteiger partial charge in [0, 0.05) is 0 Å². The Kier molecular flexibility index (Phi) is 7.30. The number of allylic oxidation sites excluding steroid dienone is 3. The fraction of sp³-hybridized carbons (Fsp3) is 0.786. The van der Waals surface area contributed by atoms with E-state index in [0.717, 1.165) is 30.8 Å². The van der Waals surface area contributed by atoms with Gasteiger partial charge in [0.25, 0.3) is 0 Å². The summed E-state index contributed by atoms with van der Waals surface area (Å²) in [4.78, 5) is 0. The van der Waals surface area contributed by atoms with E-state index >= 15 is 0 Å². The minimum Gasteiger partial charge on any atom is -0.390 e. The van der Waals surface area contributed by atoms with Gasteiger partial charge in [0.15, 0.2) is 0 Å². The Labute approximate surface area is 190 Å². The van der Waals surface area contributed by atoms with E-state index in [1.165, 1.54) is 32.1 Å². The zero-order valence-corrected chi connectivity index (χ0v) is 20.6. The highest BCUT2D eigenvalue weighted by Crippen LogP contribution is 2.67. The van der Waals surface area contributed by atoms with Crippen LogP contribution in [0.2, 0.25) is 0 Å². The maximum absolute atomic E-state index is 10.2. The maximum atomic E-state index is 10.2. The molecular weight excluding hydrogens is 384 g/mol. The highest BCUT2D eigenvalue weighted by Gasteiger charge is 2.57. The first-order valence-electron chi connectivity index (χ1n) is 12.5. The summed E-state index contributed by atoms with van der Waals surface area (Å²) in [5, 5.41) is 30.4. The number of fused-ring (bicyclic) bond motifs is 1. The molecule has 31 heavy (non-hydrogen) atoms. The predicted octanol–water partition coefficient (Wildman–Crippen LogP) is 6.09. The van der Waals surface area contributed by atoms with Crippen LogP contribution in [0.3, 0.4) is 0 Å². The van der Waals surface area contributed by atoms with Crippen molar-refractivity contribution < 1.29 is 15.3 Å². The third kappa shape index (κ3) is 5.04. The van der Waals surface area contributed by atoms with Gasteiger partial charge in [-0.1, -0.05) is 63.5 Å². The van der Waals surface area contributed by atoms with E-state index < -0.39 is 17.8 Å². The molecule has 3 saturated carbocycles. The number of aliphatic hydroxyl groups is 3. The van der Waals surface area contributed by atoms with Gasteiger partial charge >= 0.3 is 0 Å². The Morgan fingerprint density at radius 3 is 2.39 bits per heavy atom. The highest BCUT2D eigenvalue weighted by molar-refractivity contribution is 5.32. The Bertz CT molecular complexity index is 711. The highest BCUT2D eigenvalue weighted by atomic mass is 16.3. The van der Waals surface area contributed by atoms with Gasteiger partial charge in [-0.15, -0.1) is 0 Å². The molecule has 3 aliphatic rings. The van der Waals surface area contributed by atoms with E-state index in [0.29, 0.717) is 29.7 Å². The maximum Gasteiger partial charge on any atom is 0.0809 e. The van der Waals surface area contributed by atoms with Crippen LogP contribution >= 0.6 is 0 Å². The molecule has 1 unspecified atom stereocenters. The van der Waals surface area contributed by atoms with Crippen molar-refractivity contribution >= 4 is 0 Å². The first-order valence-corrected chi connectivity index (χ1v) is 12.5. The zero-order valence-electron chi connectivity index (χ0n) is 20.6. The number of rotatable bonds is 6. The number of hydrogen-bond donors (Lipinski definition) is 3. The van der Waals surface area contributed by atoms with Crippen molar-refractivity contribution in [1.29, 1.82) is 0 Å². The van der Waals surface area contributed by atoms with Crippen LogP contribution in [0.1, 0.15) is 98.8 Å². The first-order chi connectivity index (χ1) is 14.4. The summed E-state index contributed by atoms with van der Waals surface area (Å²) in [6, 6.07) is 0. The third-order valence-corrected chi connectivity index (χ3v) is 9.31. The van der Waals surface area contributed by atoms with Crippen LogP contribution in [0.15, 0.2) is 35.5 Å². The van der Waals surface area contributed by atoms with Crippen LogP contribution in [0, 0.1) is 22.7 Å². The molecule has 0 aromatic heterocycles. The van der Waals surface area contributed by atoms with Gasteiger partial charge in [0.05, 0.1) is 17.8 Å². The van der Waals surface area contributed by atoms with Gasteiger partial charge in [0.1, 0.15) is 0 Å². The summed E-state index contributed by atoms with van der Waals surface area (Å²) in [5.41, 5.74) is 3.24. The summed E-state index contributed by atoms with van der Waals surface area (Å²) < 4.78 is 0. The summed E-state index contributed by atoms with van der Waals surface area (Å²) in [5.74, 6) is 1.42. The molecule has 0 radical (unpaired) electrons. The van der Waals surface area contributed by atoms with Gasteiger partial charge < -0.3 is 15.3 Å². The molecule has 3 nitrogen and oxygen atoms in total. The van der Waals surface area contributed by atoms with Crippen molar-refractivity contribution in [2.45, 2.75) is 117 Å². The largest absolute Gasteiger partial charge is 0.390 e. The normalized spacial score (nSPS) is 39.0. The average molecular weight is 431 g/mol.